The molecule has 116 valence electrons. The minimum atomic E-state index is -4.39. The first-order valence-electron chi connectivity index (χ1n) is 6.78. The summed E-state index contributed by atoms with van der Waals surface area (Å²) in [7, 11) is 0. The predicted octanol–water partition coefficient (Wildman–Crippen LogP) is 5.23. The van der Waals surface area contributed by atoms with Crippen molar-refractivity contribution in [2.24, 2.45) is 0 Å². The van der Waals surface area contributed by atoms with Crippen LogP contribution in [0.1, 0.15) is 24.5 Å². The van der Waals surface area contributed by atoms with Gasteiger partial charge in [0.15, 0.2) is 0 Å². The Morgan fingerprint density at radius 1 is 1.05 bits per heavy atom. The van der Waals surface area contributed by atoms with Crippen LogP contribution in [0.3, 0.4) is 0 Å². The molecule has 0 saturated heterocycles. The molecule has 0 saturated carbocycles. The summed E-state index contributed by atoms with van der Waals surface area (Å²) in [4.78, 5) is 10.7. The van der Waals surface area contributed by atoms with E-state index in [0.717, 1.165) is 18.6 Å². The molecule has 2 aromatic carbocycles. The Morgan fingerprint density at radius 2 is 1.64 bits per heavy atom. The van der Waals surface area contributed by atoms with E-state index in [-0.39, 0.29) is 5.69 Å². The lowest BCUT2D eigenvalue weighted by molar-refractivity contribution is -0.385. The first-order valence-corrected chi connectivity index (χ1v) is 6.78. The Balaban J connectivity index is 2.40. The Hall–Kier alpha value is -2.37. The van der Waals surface area contributed by atoms with Gasteiger partial charge in [0.1, 0.15) is 0 Å². The molecule has 0 amide bonds. The van der Waals surface area contributed by atoms with Crippen molar-refractivity contribution < 1.29 is 18.1 Å². The molecule has 0 aliphatic heterocycles. The van der Waals surface area contributed by atoms with Crippen molar-refractivity contribution in [1.82, 2.24) is 0 Å². The van der Waals surface area contributed by atoms with E-state index in [1.54, 1.807) is 12.1 Å². The molecule has 3 nitrogen and oxygen atoms in total. The van der Waals surface area contributed by atoms with E-state index in [4.69, 9.17) is 0 Å². The van der Waals surface area contributed by atoms with Crippen molar-refractivity contribution in [3.63, 3.8) is 0 Å². The summed E-state index contributed by atoms with van der Waals surface area (Å²) >= 11 is 0. The van der Waals surface area contributed by atoms with Crippen molar-refractivity contribution in [3.05, 3.63) is 63.7 Å². The van der Waals surface area contributed by atoms with E-state index >= 15 is 0 Å². The molecule has 2 rings (SSSR count). The van der Waals surface area contributed by atoms with E-state index < -0.39 is 16.7 Å². The lowest BCUT2D eigenvalue weighted by atomic mass is 9.99. The molecule has 0 atom stereocenters. The van der Waals surface area contributed by atoms with Crippen molar-refractivity contribution in [3.8, 4) is 11.1 Å². The monoisotopic (exact) mass is 309 g/mol. The average molecular weight is 309 g/mol. The standard InChI is InChI=1S/C16H14F3NO2/c1-2-3-12-4-5-13(10-15(12)20(21)22)11-6-8-14(9-7-11)16(17,18)19/h4-10H,2-3H2,1H3. The zero-order valence-electron chi connectivity index (χ0n) is 11.9. The average Bonchev–Trinajstić information content (AvgIpc) is 2.47. The Kier molecular flexibility index (Phi) is 4.49. The van der Waals surface area contributed by atoms with Gasteiger partial charge in [-0.15, -0.1) is 0 Å². The first kappa shape index (κ1) is 16.0. The molecule has 6 heteroatoms. The van der Waals surface area contributed by atoms with Gasteiger partial charge in [0.25, 0.3) is 5.69 Å². The molecule has 0 aliphatic carbocycles. The summed E-state index contributed by atoms with van der Waals surface area (Å²) in [5.74, 6) is 0. The van der Waals surface area contributed by atoms with Crippen LogP contribution in [0.25, 0.3) is 11.1 Å². The fourth-order valence-electron chi connectivity index (χ4n) is 2.25. The number of hydrogen-bond acceptors (Lipinski definition) is 2. The number of aryl methyl sites for hydroxylation is 1. The van der Waals surface area contributed by atoms with Crippen LogP contribution in [0.2, 0.25) is 0 Å². The lowest BCUT2D eigenvalue weighted by Gasteiger charge is -2.09. The second-order valence-corrected chi connectivity index (χ2v) is 4.93. The van der Waals surface area contributed by atoms with Gasteiger partial charge in [0, 0.05) is 11.6 Å². The van der Waals surface area contributed by atoms with Crippen LogP contribution in [-0.4, -0.2) is 4.92 Å². The van der Waals surface area contributed by atoms with Gasteiger partial charge in [-0.2, -0.15) is 13.2 Å². The van der Waals surface area contributed by atoms with Gasteiger partial charge < -0.3 is 0 Å². The van der Waals surface area contributed by atoms with Gasteiger partial charge in [0.2, 0.25) is 0 Å². The predicted molar refractivity (Wildman–Crippen MR) is 77.5 cm³/mol. The quantitative estimate of drug-likeness (QED) is 0.573. The highest BCUT2D eigenvalue weighted by atomic mass is 19.4. The Morgan fingerprint density at radius 3 is 2.14 bits per heavy atom. The number of nitro groups is 1. The molecule has 0 aromatic heterocycles. The van der Waals surface area contributed by atoms with Crippen molar-refractivity contribution in [1.29, 1.82) is 0 Å². The van der Waals surface area contributed by atoms with Gasteiger partial charge in [-0.3, -0.25) is 10.1 Å². The van der Waals surface area contributed by atoms with Crippen LogP contribution in [0, 0.1) is 10.1 Å². The van der Waals surface area contributed by atoms with E-state index in [2.05, 4.69) is 0 Å². The highest BCUT2D eigenvalue weighted by Crippen LogP contribution is 2.32. The number of hydrogen-bond donors (Lipinski definition) is 0. The molecule has 0 fully saturated rings. The number of rotatable bonds is 4. The second-order valence-electron chi connectivity index (χ2n) is 4.93. The van der Waals surface area contributed by atoms with Crippen LogP contribution >= 0.6 is 0 Å². The van der Waals surface area contributed by atoms with Gasteiger partial charge in [-0.05, 0) is 29.7 Å². The van der Waals surface area contributed by atoms with E-state index in [1.165, 1.54) is 18.2 Å². The van der Waals surface area contributed by atoms with Crippen molar-refractivity contribution in [2.75, 3.05) is 0 Å². The third kappa shape index (κ3) is 3.44. The maximum Gasteiger partial charge on any atom is 0.416 e. The van der Waals surface area contributed by atoms with Crippen LogP contribution in [0.4, 0.5) is 18.9 Å². The third-order valence-electron chi connectivity index (χ3n) is 3.35. The summed E-state index contributed by atoms with van der Waals surface area (Å²) < 4.78 is 37.6. The van der Waals surface area contributed by atoms with Crippen LogP contribution in [0.5, 0.6) is 0 Å². The smallest absolute Gasteiger partial charge is 0.258 e. The molecule has 0 unspecified atom stereocenters. The maximum absolute atomic E-state index is 12.5. The summed E-state index contributed by atoms with van der Waals surface area (Å²) in [5, 5.41) is 11.1. The van der Waals surface area contributed by atoms with Gasteiger partial charge in [-0.25, -0.2) is 0 Å². The van der Waals surface area contributed by atoms with Crippen molar-refractivity contribution in [2.45, 2.75) is 25.9 Å². The first-order chi connectivity index (χ1) is 10.3. The van der Waals surface area contributed by atoms with Crippen LogP contribution in [0.15, 0.2) is 42.5 Å². The fourth-order valence-corrected chi connectivity index (χ4v) is 2.25. The number of nitrogens with zero attached hydrogens (tertiary/aromatic N) is 1. The minimum Gasteiger partial charge on any atom is -0.258 e. The number of alkyl halides is 3. The second kappa shape index (κ2) is 6.17. The number of nitro benzene ring substituents is 1. The van der Waals surface area contributed by atoms with E-state index in [1.807, 2.05) is 6.92 Å². The molecule has 0 N–H and O–H groups in total. The van der Waals surface area contributed by atoms with Gasteiger partial charge in [-0.1, -0.05) is 37.6 Å². The Bertz CT molecular complexity index is 679. The zero-order chi connectivity index (χ0) is 16.3. The number of benzene rings is 2. The summed E-state index contributed by atoms with van der Waals surface area (Å²) in [6.07, 6.45) is -3.03. The normalized spacial score (nSPS) is 11.5. The summed E-state index contributed by atoms with van der Waals surface area (Å²) in [6.45, 7) is 1.92. The van der Waals surface area contributed by atoms with E-state index in [9.17, 15) is 23.3 Å². The zero-order valence-corrected chi connectivity index (χ0v) is 11.9. The molecule has 0 radical (unpaired) electrons. The largest absolute Gasteiger partial charge is 0.416 e. The van der Waals surface area contributed by atoms with E-state index in [0.29, 0.717) is 23.1 Å². The maximum atomic E-state index is 12.5. The Labute approximate surface area is 125 Å². The molecule has 2 aromatic rings. The highest BCUT2D eigenvalue weighted by Gasteiger charge is 2.30. The molecular weight excluding hydrogens is 295 g/mol. The molecule has 0 bridgehead atoms. The SMILES string of the molecule is CCCc1ccc(-c2ccc(C(F)(F)F)cc2)cc1[N+](=O)[O-]. The topological polar surface area (TPSA) is 43.1 Å². The molecule has 0 heterocycles. The molecule has 0 aliphatic rings. The number of halogens is 3. The lowest BCUT2D eigenvalue weighted by Crippen LogP contribution is -2.04. The summed E-state index contributed by atoms with van der Waals surface area (Å²) in [5.41, 5.74) is 0.926. The van der Waals surface area contributed by atoms with Gasteiger partial charge >= 0.3 is 6.18 Å². The fraction of sp³-hybridized carbons (Fsp3) is 0.250. The van der Waals surface area contributed by atoms with Gasteiger partial charge in [0.05, 0.1) is 10.5 Å². The summed E-state index contributed by atoms with van der Waals surface area (Å²) in [6, 6.07) is 9.35. The van der Waals surface area contributed by atoms with Crippen LogP contribution in [-0.2, 0) is 12.6 Å². The van der Waals surface area contributed by atoms with Crippen molar-refractivity contribution >= 4 is 5.69 Å². The minimum absolute atomic E-state index is 0.000696. The van der Waals surface area contributed by atoms with Crippen LogP contribution < -0.4 is 0 Å². The molecule has 0 spiro atoms. The molecular formula is C16H14F3NO2. The highest BCUT2D eigenvalue weighted by molar-refractivity contribution is 5.67. The third-order valence-corrected chi connectivity index (χ3v) is 3.35. The molecule has 22 heavy (non-hydrogen) atoms.